The van der Waals surface area contributed by atoms with Crippen LogP contribution in [0.5, 0.6) is 0 Å². The number of aromatic nitrogens is 2. The molecule has 8 nitrogen and oxygen atoms in total. The minimum Gasteiger partial charge on any atom is -0.356 e. The summed E-state index contributed by atoms with van der Waals surface area (Å²) in [4.78, 5) is 35.2. The van der Waals surface area contributed by atoms with Gasteiger partial charge < -0.3 is 20.9 Å². The maximum atomic E-state index is 12.3. The van der Waals surface area contributed by atoms with Crippen molar-refractivity contribution >= 4 is 23.7 Å². The molecule has 4 rings (SSSR count). The van der Waals surface area contributed by atoms with Crippen molar-refractivity contribution in [3.63, 3.8) is 0 Å². The van der Waals surface area contributed by atoms with E-state index in [1.807, 2.05) is 48.4 Å². The predicted octanol–water partition coefficient (Wildman–Crippen LogP) is 2.80. The molecule has 3 N–H and O–H groups in total. The van der Waals surface area contributed by atoms with E-state index in [0.717, 1.165) is 75.3 Å². The summed E-state index contributed by atoms with van der Waals surface area (Å²) in [6, 6.07) is 12.6. The smallest absolute Gasteiger partial charge is 0.315 e. The first-order chi connectivity index (χ1) is 17.7. The van der Waals surface area contributed by atoms with Crippen LogP contribution in [0.15, 0.2) is 48.8 Å². The molecule has 2 aliphatic heterocycles. The minimum atomic E-state index is -0.0401. The van der Waals surface area contributed by atoms with Gasteiger partial charge in [0.15, 0.2) is 0 Å². The maximum absolute atomic E-state index is 12.3. The maximum Gasteiger partial charge on any atom is 0.315 e. The molecule has 2 saturated heterocycles. The van der Waals surface area contributed by atoms with Gasteiger partial charge in [-0.3, -0.25) is 14.8 Å². The van der Waals surface area contributed by atoms with Crippen LogP contribution in [0, 0.1) is 0 Å². The molecule has 2 aliphatic rings. The molecule has 2 aromatic rings. The van der Waals surface area contributed by atoms with E-state index >= 15 is 0 Å². The first-order valence-corrected chi connectivity index (χ1v) is 14.2. The standard InChI is InChI=1S/C27H38N6O2S/c34-25(11-2-1-10-24-26-23(20-36-24)31-27(35)32-26)30-16-7-17-33(18-12-21-8-3-5-14-28-21)19-13-22-9-4-6-15-29-22/h3-6,8-9,14-15,23-24,26H,1-2,7,10-13,16-20H2,(H,30,34)(H2,31,32,35)/t23-,24-,26-/m0/s1. The van der Waals surface area contributed by atoms with Gasteiger partial charge in [0.2, 0.25) is 5.91 Å². The molecular weight excluding hydrogens is 472 g/mol. The fourth-order valence-electron chi connectivity index (χ4n) is 4.87. The Morgan fingerprint density at radius 1 is 0.972 bits per heavy atom. The number of pyridine rings is 2. The van der Waals surface area contributed by atoms with Gasteiger partial charge in [-0.05, 0) is 50.1 Å². The number of hydrogen-bond acceptors (Lipinski definition) is 6. The lowest BCUT2D eigenvalue weighted by Crippen LogP contribution is -2.36. The van der Waals surface area contributed by atoms with Crippen LogP contribution in [0.4, 0.5) is 4.79 Å². The van der Waals surface area contributed by atoms with Gasteiger partial charge in [0.05, 0.1) is 12.1 Å². The van der Waals surface area contributed by atoms with Crippen molar-refractivity contribution in [1.82, 2.24) is 30.8 Å². The zero-order valence-electron chi connectivity index (χ0n) is 20.9. The van der Waals surface area contributed by atoms with Crippen LogP contribution in [-0.4, -0.2) is 76.1 Å². The molecule has 0 saturated carbocycles. The highest BCUT2D eigenvalue weighted by Gasteiger charge is 2.42. The molecule has 0 radical (unpaired) electrons. The van der Waals surface area contributed by atoms with Crippen LogP contribution >= 0.6 is 11.8 Å². The number of carbonyl (C=O) groups is 2. The topological polar surface area (TPSA) is 99.2 Å². The van der Waals surface area contributed by atoms with Crippen LogP contribution in [0.2, 0.25) is 0 Å². The number of amides is 3. The number of nitrogens with zero attached hydrogens (tertiary/aromatic N) is 3. The Hall–Kier alpha value is -2.65. The first kappa shape index (κ1) is 26.4. The Labute approximate surface area is 218 Å². The Bertz CT molecular complexity index is 904. The molecule has 3 amide bonds. The minimum absolute atomic E-state index is 0.0401. The quantitative estimate of drug-likeness (QED) is 0.252. The van der Waals surface area contributed by atoms with Crippen molar-refractivity contribution in [2.24, 2.45) is 0 Å². The zero-order valence-corrected chi connectivity index (χ0v) is 21.7. The molecule has 0 unspecified atom stereocenters. The van der Waals surface area contributed by atoms with E-state index in [9.17, 15) is 9.59 Å². The average Bonchev–Trinajstić information content (AvgIpc) is 3.46. The number of rotatable bonds is 15. The lowest BCUT2D eigenvalue weighted by molar-refractivity contribution is -0.121. The van der Waals surface area contributed by atoms with Gasteiger partial charge in [-0.25, -0.2) is 4.79 Å². The lowest BCUT2D eigenvalue weighted by Gasteiger charge is -2.22. The summed E-state index contributed by atoms with van der Waals surface area (Å²) in [7, 11) is 0. The Balaban J connectivity index is 1.10. The number of unbranched alkanes of at least 4 members (excludes halogenated alkanes) is 1. The van der Waals surface area contributed by atoms with Crippen molar-refractivity contribution in [2.75, 3.05) is 31.9 Å². The molecule has 4 heterocycles. The molecule has 194 valence electrons. The third-order valence-electron chi connectivity index (χ3n) is 6.87. The summed E-state index contributed by atoms with van der Waals surface area (Å²) in [5, 5.41) is 9.57. The molecule has 0 bridgehead atoms. The summed E-state index contributed by atoms with van der Waals surface area (Å²) in [6.45, 7) is 3.51. The summed E-state index contributed by atoms with van der Waals surface area (Å²) >= 11 is 1.93. The highest BCUT2D eigenvalue weighted by atomic mass is 32.2. The first-order valence-electron chi connectivity index (χ1n) is 13.1. The van der Waals surface area contributed by atoms with Crippen LogP contribution in [0.3, 0.4) is 0 Å². The molecule has 3 atom stereocenters. The van der Waals surface area contributed by atoms with E-state index in [-0.39, 0.29) is 24.0 Å². The Morgan fingerprint density at radius 2 is 1.69 bits per heavy atom. The summed E-state index contributed by atoms with van der Waals surface area (Å²) in [6.07, 6.45) is 9.95. The predicted molar refractivity (Wildman–Crippen MR) is 144 cm³/mol. The van der Waals surface area contributed by atoms with Crippen LogP contribution in [0.25, 0.3) is 0 Å². The fourth-order valence-corrected chi connectivity index (χ4v) is 6.41. The van der Waals surface area contributed by atoms with Gasteiger partial charge in [-0.15, -0.1) is 0 Å². The normalized spacial score (nSPS) is 20.7. The zero-order chi connectivity index (χ0) is 25.0. The van der Waals surface area contributed by atoms with Crippen molar-refractivity contribution in [1.29, 1.82) is 0 Å². The largest absolute Gasteiger partial charge is 0.356 e. The number of nitrogens with one attached hydrogen (secondary N) is 3. The lowest BCUT2D eigenvalue weighted by atomic mass is 10.0. The second kappa shape index (κ2) is 14.2. The molecule has 2 aromatic heterocycles. The molecule has 9 heteroatoms. The van der Waals surface area contributed by atoms with Crippen molar-refractivity contribution in [3.8, 4) is 0 Å². The van der Waals surface area contributed by atoms with E-state index in [0.29, 0.717) is 18.2 Å². The van der Waals surface area contributed by atoms with E-state index < -0.39 is 0 Å². The van der Waals surface area contributed by atoms with Gasteiger partial charge >= 0.3 is 6.03 Å². The molecule has 0 spiro atoms. The number of hydrogen-bond donors (Lipinski definition) is 3. The van der Waals surface area contributed by atoms with Crippen LogP contribution in [0.1, 0.15) is 43.5 Å². The van der Waals surface area contributed by atoms with Crippen molar-refractivity contribution in [2.45, 2.75) is 62.3 Å². The van der Waals surface area contributed by atoms with Crippen LogP contribution in [-0.2, 0) is 17.6 Å². The second-order valence-electron chi connectivity index (χ2n) is 9.55. The molecule has 0 aliphatic carbocycles. The fraction of sp³-hybridized carbons (Fsp3) is 0.556. The number of thioether (sulfide) groups is 1. The molecular formula is C27H38N6O2S. The number of carbonyl (C=O) groups excluding carboxylic acids is 2. The van der Waals surface area contributed by atoms with Gasteiger partial charge in [0.1, 0.15) is 0 Å². The second-order valence-corrected chi connectivity index (χ2v) is 10.8. The van der Waals surface area contributed by atoms with Gasteiger partial charge in [-0.2, -0.15) is 11.8 Å². The van der Waals surface area contributed by atoms with Gasteiger partial charge in [0, 0.05) is 73.7 Å². The van der Waals surface area contributed by atoms with Crippen molar-refractivity contribution < 1.29 is 9.59 Å². The van der Waals surface area contributed by atoms with E-state index in [1.165, 1.54) is 0 Å². The average molecular weight is 511 g/mol. The third-order valence-corrected chi connectivity index (χ3v) is 8.38. The summed E-state index contributed by atoms with van der Waals surface area (Å²) < 4.78 is 0. The Morgan fingerprint density at radius 3 is 2.36 bits per heavy atom. The molecule has 36 heavy (non-hydrogen) atoms. The van der Waals surface area contributed by atoms with Crippen LogP contribution < -0.4 is 16.0 Å². The highest BCUT2D eigenvalue weighted by Crippen LogP contribution is 2.33. The van der Waals surface area contributed by atoms with Gasteiger partial charge in [0.25, 0.3) is 0 Å². The molecule has 2 fully saturated rings. The van der Waals surface area contributed by atoms with E-state index in [1.54, 1.807) is 0 Å². The number of fused-ring (bicyclic) bond motifs is 1. The van der Waals surface area contributed by atoms with Gasteiger partial charge in [-0.1, -0.05) is 18.6 Å². The SMILES string of the molecule is O=C(CCCC[C@@H]1SC[C@@H]2NC(=O)N[C@@H]21)NCCCN(CCc1ccccn1)CCc1ccccn1. The summed E-state index contributed by atoms with van der Waals surface area (Å²) in [5.41, 5.74) is 2.21. The summed E-state index contributed by atoms with van der Waals surface area (Å²) in [5.74, 6) is 1.12. The highest BCUT2D eigenvalue weighted by molar-refractivity contribution is 8.00. The Kier molecular flexibility index (Phi) is 10.4. The third kappa shape index (κ3) is 8.48. The number of urea groups is 1. The van der Waals surface area contributed by atoms with E-state index in [4.69, 9.17) is 0 Å². The van der Waals surface area contributed by atoms with Crippen molar-refractivity contribution in [3.05, 3.63) is 60.2 Å². The monoisotopic (exact) mass is 510 g/mol. The van der Waals surface area contributed by atoms with E-state index in [2.05, 4.69) is 43.0 Å². The molecule has 0 aromatic carbocycles.